The highest BCUT2D eigenvalue weighted by Gasteiger charge is 2.54. The molecule has 5 fully saturated rings. The van der Waals surface area contributed by atoms with Gasteiger partial charge in [-0.15, -0.1) is 0 Å². The second-order valence-corrected chi connectivity index (χ2v) is 12.8. The van der Waals surface area contributed by atoms with Crippen molar-refractivity contribution in [2.24, 2.45) is 28.9 Å². The zero-order valence-electron chi connectivity index (χ0n) is 22.8. The van der Waals surface area contributed by atoms with Gasteiger partial charge in [-0.25, -0.2) is 0 Å². The molecule has 1 heterocycles. The van der Waals surface area contributed by atoms with Crippen LogP contribution in [0.15, 0.2) is 60.7 Å². The number of rotatable bonds is 9. The largest absolute Gasteiger partial charge is 0.324 e. The van der Waals surface area contributed by atoms with E-state index in [1.165, 1.54) is 24.2 Å². The summed E-state index contributed by atoms with van der Waals surface area (Å²) in [5.74, 6) is 2.02. The lowest BCUT2D eigenvalue weighted by Crippen LogP contribution is -2.54. The minimum atomic E-state index is -0.484. The van der Waals surface area contributed by atoms with Gasteiger partial charge in [-0.05, 0) is 86.8 Å². The number of benzene rings is 2. The minimum Gasteiger partial charge on any atom is -0.324 e. The van der Waals surface area contributed by atoms with Gasteiger partial charge in [-0.3, -0.25) is 24.2 Å². The van der Waals surface area contributed by atoms with Crippen LogP contribution in [0.3, 0.4) is 0 Å². The van der Waals surface area contributed by atoms with Gasteiger partial charge in [0.1, 0.15) is 0 Å². The highest BCUT2D eigenvalue weighted by Crippen LogP contribution is 2.60. The molecule has 2 amide bonds. The number of hydrogen-bond donors (Lipinski definition) is 1. The Hall–Kier alpha value is -2.83. The first kappa shape index (κ1) is 26.4. The second-order valence-electron chi connectivity index (χ2n) is 12.8. The zero-order valence-corrected chi connectivity index (χ0v) is 22.8. The third kappa shape index (κ3) is 5.46. The fourth-order valence-electron chi connectivity index (χ4n) is 8.45. The quantitative estimate of drug-likeness (QED) is 0.502. The number of hydrogen-bond acceptors (Lipinski definition) is 5. The van der Waals surface area contributed by atoms with Gasteiger partial charge in [-0.2, -0.15) is 0 Å². The lowest BCUT2D eigenvalue weighted by atomic mass is 9.48. The summed E-state index contributed by atoms with van der Waals surface area (Å²) in [6.07, 6.45) is 8.64. The maximum absolute atomic E-state index is 14.1. The van der Waals surface area contributed by atoms with Crippen molar-refractivity contribution >= 4 is 17.6 Å². The molecule has 39 heavy (non-hydrogen) atoms. The monoisotopic (exact) mass is 527 g/mol. The molecule has 6 nitrogen and oxygen atoms in total. The number of Topliss-reactive ketones (excluding diaryl/α,β-unsaturated/α-hetero) is 1. The van der Waals surface area contributed by atoms with E-state index in [1.807, 2.05) is 60.7 Å². The van der Waals surface area contributed by atoms with Gasteiger partial charge in [0.2, 0.25) is 11.8 Å². The predicted molar refractivity (Wildman–Crippen MR) is 150 cm³/mol. The molecular formula is C33H41N3O3. The van der Waals surface area contributed by atoms with Crippen LogP contribution in [0.4, 0.5) is 0 Å². The number of ketones is 1. The molecule has 0 unspecified atom stereocenters. The third-order valence-electron chi connectivity index (χ3n) is 10.00. The normalized spacial score (nSPS) is 30.3. The van der Waals surface area contributed by atoms with Gasteiger partial charge in [0.05, 0.1) is 19.1 Å². The first-order chi connectivity index (χ1) is 18.9. The zero-order chi connectivity index (χ0) is 27.0. The maximum atomic E-state index is 14.1. The second kappa shape index (κ2) is 11.0. The Morgan fingerprint density at radius 3 is 2.10 bits per heavy atom. The van der Waals surface area contributed by atoms with Crippen LogP contribution in [-0.4, -0.2) is 46.5 Å². The molecule has 1 aliphatic heterocycles. The van der Waals surface area contributed by atoms with Crippen LogP contribution in [0.1, 0.15) is 75.0 Å². The topological polar surface area (TPSA) is 83.7 Å². The summed E-state index contributed by atoms with van der Waals surface area (Å²) in [4.78, 5) is 45.0. The number of carbonyl (C=O) groups excluding carboxylic acids is 3. The van der Waals surface area contributed by atoms with Gasteiger partial charge in [0.25, 0.3) is 0 Å². The summed E-state index contributed by atoms with van der Waals surface area (Å²) >= 11 is 0. The highest BCUT2D eigenvalue weighted by atomic mass is 16.2. The lowest BCUT2D eigenvalue weighted by molar-refractivity contribution is -0.150. The molecule has 0 spiro atoms. The van der Waals surface area contributed by atoms with E-state index in [-0.39, 0.29) is 30.2 Å². The highest BCUT2D eigenvalue weighted by molar-refractivity contribution is 5.98. The first-order valence-electron chi connectivity index (χ1n) is 14.9. The molecule has 2 atom stereocenters. The van der Waals surface area contributed by atoms with Crippen LogP contribution in [0.5, 0.6) is 0 Å². The van der Waals surface area contributed by atoms with Crippen molar-refractivity contribution in [2.45, 2.75) is 76.4 Å². The maximum Gasteiger partial charge on any atom is 0.246 e. The van der Waals surface area contributed by atoms with Crippen molar-refractivity contribution in [1.82, 2.24) is 9.80 Å². The van der Waals surface area contributed by atoms with E-state index in [0.29, 0.717) is 36.5 Å². The van der Waals surface area contributed by atoms with Crippen molar-refractivity contribution in [3.63, 3.8) is 0 Å². The first-order valence-corrected chi connectivity index (χ1v) is 14.9. The van der Waals surface area contributed by atoms with E-state index in [1.54, 1.807) is 0 Å². The standard InChI is InChI=1S/C33H41N3O3/c34-28(27-10-5-2-6-11-27)17-31(38)36(21-23-8-3-1-4-9-23)32(39)29-12-7-13-35(29)22-30(37)33-18-24-14-25(19-33)16-26(15-24)20-33/h1-6,8-11,24-26,28-29H,7,12-22,34H2/t24?,25?,26?,28-,29+,33?/m1/s1. The van der Waals surface area contributed by atoms with Crippen molar-refractivity contribution < 1.29 is 14.4 Å². The van der Waals surface area contributed by atoms with Crippen molar-refractivity contribution in [2.75, 3.05) is 13.1 Å². The van der Waals surface area contributed by atoms with Crippen LogP contribution in [0.25, 0.3) is 0 Å². The van der Waals surface area contributed by atoms with Crippen LogP contribution in [0, 0.1) is 23.2 Å². The van der Waals surface area contributed by atoms with E-state index in [9.17, 15) is 14.4 Å². The van der Waals surface area contributed by atoms with Gasteiger partial charge in [-0.1, -0.05) is 60.7 Å². The molecule has 0 aromatic heterocycles. The summed E-state index contributed by atoms with van der Waals surface area (Å²) in [5.41, 5.74) is 8.01. The Morgan fingerprint density at radius 2 is 1.49 bits per heavy atom. The van der Waals surface area contributed by atoms with Gasteiger partial charge in [0, 0.05) is 17.9 Å². The Balaban J connectivity index is 1.18. The molecule has 4 saturated carbocycles. The fourth-order valence-corrected chi connectivity index (χ4v) is 8.45. The fraction of sp³-hybridized carbons (Fsp3) is 0.545. The molecular weight excluding hydrogens is 486 g/mol. The molecule has 4 bridgehead atoms. The molecule has 1 saturated heterocycles. The Kier molecular flexibility index (Phi) is 7.43. The third-order valence-corrected chi connectivity index (χ3v) is 10.00. The van der Waals surface area contributed by atoms with E-state index in [4.69, 9.17) is 5.73 Å². The average Bonchev–Trinajstić information content (AvgIpc) is 3.39. The summed E-state index contributed by atoms with van der Waals surface area (Å²) in [6.45, 7) is 1.28. The Morgan fingerprint density at radius 1 is 0.897 bits per heavy atom. The minimum absolute atomic E-state index is 0.0571. The molecule has 0 radical (unpaired) electrons. The molecule has 2 N–H and O–H groups in total. The van der Waals surface area contributed by atoms with Gasteiger partial charge < -0.3 is 5.73 Å². The molecule has 4 aliphatic carbocycles. The van der Waals surface area contributed by atoms with Crippen LogP contribution >= 0.6 is 0 Å². The van der Waals surface area contributed by atoms with E-state index in [2.05, 4.69) is 4.90 Å². The summed E-state index contributed by atoms with van der Waals surface area (Å²) in [7, 11) is 0. The number of carbonyl (C=O) groups is 3. The van der Waals surface area contributed by atoms with Crippen LogP contribution in [-0.2, 0) is 20.9 Å². The molecule has 5 aliphatic rings. The van der Waals surface area contributed by atoms with E-state index < -0.39 is 12.1 Å². The predicted octanol–water partition coefficient (Wildman–Crippen LogP) is 4.88. The molecule has 7 rings (SSSR count). The van der Waals surface area contributed by atoms with Crippen LogP contribution in [0.2, 0.25) is 0 Å². The van der Waals surface area contributed by atoms with Gasteiger partial charge in [0.15, 0.2) is 5.78 Å². The summed E-state index contributed by atoms with van der Waals surface area (Å²) < 4.78 is 0. The summed E-state index contributed by atoms with van der Waals surface area (Å²) in [5, 5.41) is 0. The smallest absolute Gasteiger partial charge is 0.246 e. The van der Waals surface area contributed by atoms with Crippen molar-refractivity contribution in [3.8, 4) is 0 Å². The number of likely N-dealkylation sites (tertiary alicyclic amines) is 1. The van der Waals surface area contributed by atoms with Crippen molar-refractivity contribution in [1.29, 1.82) is 0 Å². The average molecular weight is 528 g/mol. The van der Waals surface area contributed by atoms with Crippen LogP contribution < -0.4 is 5.73 Å². The Bertz CT molecular complexity index is 1160. The Labute approximate surface area is 231 Å². The number of nitrogens with two attached hydrogens (primary N) is 1. The van der Waals surface area contributed by atoms with E-state index >= 15 is 0 Å². The molecule has 2 aromatic carbocycles. The van der Waals surface area contributed by atoms with Gasteiger partial charge >= 0.3 is 0 Å². The summed E-state index contributed by atoms with van der Waals surface area (Å²) in [6, 6.07) is 18.3. The number of imide groups is 1. The number of amides is 2. The lowest BCUT2D eigenvalue weighted by Gasteiger charge is -2.56. The SMILES string of the molecule is N[C@H](CC(=O)N(Cc1ccccc1)C(=O)[C@@H]1CCCN1CC(=O)C12CC3CC(CC(C3)C1)C2)c1ccccc1. The number of nitrogens with zero attached hydrogens (tertiary/aromatic N) is 2. The molecule has 206 valence electrons. The van der Waals surface area contributed by atoms with Crippen molar-refractivity contribution in [3.05, 3.63) is 71.8 Å². The molecule has 2 aromatic rings. The molecule has 6 heteroatoms. The van der Waals surface area contributed by atoms with E-state index in [0.717, 1.165) is 43.4 Å².